The molecule has 0 aliphatic carbocycles. The van der Waals surface area contributed by atoms with Crippen LogP contribution in [0.4, 0.5) is 0 Å². The molecule has 0 aliphatic heterocycles. The molecule has 3 nitrogen and oxygen atoms in total. The van der Waals surface area contributed by atoms with Crippen LogP contribution in [0, 0.1) is 6.92 Å². The van der Waals surface area contributed by atoms with Crippen molar-refractivity contribution in [2.45, 2.75) is 27.0 Å². The molecule has 2 rings (SSSR count). The van der Waals surface area contributed by atoms with Gasteiger partial charge in [-0.05, 0) is 48.4 Å². The molecule has 2 aromatic rings. The van der Waals surface area contributed by atoms with Crippen molar-refractivity contribution in [1.29, 1.82) is 0 Å². The highest BCUT2D eigenvalue weighted by molar-refractivity contribution is 5.40. The minimum absolute atomic E-state index is 0.0531. The highest BCUT2D eigenvalue weighted by Crippen LogP contribution is 2.26. The number of hydrogen-bond donors (Lipinski definition) is 2. The molecular weight excluding hydrogens is 250 g/mol. The van der Waals surface area contributed by atoms with Crippen molar-refractivity contribution < 1.29 is 9.84 Å². The van der Waals surface area contributed by atoms with Crippen LogP contribution in [0.1, 0.15) is 23.6 Å². The molecule has 0 fully saturated rings. The minimum Gasteiger partial charge on any atom is -0.457 e. The Morgan fingerprint density at radius 3 is 2.40 bits per heavy atom. The molecule has 0 heterocycles. The number of rotatable bonds is 6. The van der Waals surface area contributed by atoms with Gasteiger partial charge in [0, 0.05) is 6.54 Å². The summed E-state index contributed by atoms with van der Waals surface area (Å²) >= 11 is 0. The van der Waals surface area contributed by atoms with E-state index in [1.165, 1.54) is 5.56 Å². The molecule has 3 heteroatoms. The molecule has 0 amide bonds. The van der Waals surface area contributed by atoms with Gasteiger partial charge in [0.2, 0.25) is 0 Å². The van der Waals surface area contributed by atoms with Crippen LogP contribution in [0.15, 0.2) is 42.5 Å². The standard InChI is InChI=1S/C17H21NO2/c1-3-18-11-15-5-4-13(2)17(10-15)20-16-8-6-14(12-19)7-9-16/h4-10,18-19H,3,11-12H2,1-2H3. The van der Waals surface area contributed by atoms with Gasteiger partial charge in [-0.2, -0.15) is 0 Å². The molecular formula is C17H21NO2. The van der Waals surface area contributed by atoms with Crippen molar-refractivity contribution in [3.8, 4) is 11.5 Å². The van der Waals surface area contributed by atoms with E-state index >= 15 is 0 Å². The molecule has 0 radical (unpaired) electrons. The second kappa shape index (κ2) is 7.08. The van der Waals surface area contributed by atoms with Gasteiger partial charge >= 0.3 is 0 Å². The highest BCUT2D eigenvalue weighted by atomic mass is 16.5. The molecule has 0 unspecified atom stereocenters. The van der Waals surface area contributed by atoms with E-state index in [4.69, 9.17) is 9.84 Å². The zero-order chi connectivity index (χ0) is 14.4. The fourth-order valence-electron chi connectivity index (χ4n) is 1.92. The topological polar surface area (TPSA) is 41.5 Å². The molecule has 106 valence electrons. The summed E-state index contributed by atoms with van der Waals surface area (Å²) in [5, 5.41) is 12.3. The van der Waals surface area contributed by atoms with E-state index in [1.54, 1.807) is 0 Å². The number of aryl methyl sites for hydroxylation is 1. The largest absolute Gasteiger partial charge is 0.457 e. The van der Waals surface area contributed by atoms with Gasteiger partial charge in [0.1, 0.15) is 11.5 Å². The summed E-state index contributed by atoms with van der Waals surface area (Å²) in [6, 6.07) is 13.7. The van der Waals surface area contributed by atoms with Crippen LogP contribution in [0.3, 0.4) is 0 Å². The highest BCUT2D eigenvalue weighted by Gasteiger charge is 2.03. The SMILES string of the molecule is CCNCc1ccc(C)c(Oc2ccc(CO)cc2)c1. The van der Waals surface area contributed by atoms with Crippen molar-refractivity contribution in [3.63, 3.8) is 0 Å². The maximum absolute atomic E-state index is 9.03. The third-order valence-electron chi connectivity index (χ3n) is 3.17. The van der Waals surface area contributed by atoms with E-state index in [0.717, 1.165) is 35.7 Å². The molecule has 0 atom stereocenters. The van der Waals surface area contributed by atoms with Gasteiger partial charge in [-0.1, -0.05) is 31.2 Å². The normalized spacial score (nSPS) is 10.6. The third-order valence-corrected chi connectivity index (χ3v) is 3.17. The van der Waals surface area contributed by atoms with E-state index in [1.807, 2.05) is 31.2 Å². The zero-order valence-electron chi connectivity index (χ0n) is 12.0. The molecule has 20 heavy (non-hydrogen) atoms. The lowest BCUT2D eigenvalue weighted by Crippen LogP contribution is -2.11. The molecule has 0 spiro atoms. The number of hydrogen-bond acceptors (Lipinski definition) is 3. The molecule has 0 saturated carbocycles. The Kier molecular flexibility index (Phi) is 5.16. The van der Waals surface area contributed by atoms with E-state index < -0.39 is 0 Å². The van der Waals surface area contributed by atoms with Gasteiger partial charge in [-0.25, -0.2) is 0 Å². The average molecular weight is 271 g/mol. The van der Waals surface area contributed by atoms with Gasteiger partial charge in [0.25, 0.3) is 0 Å². The van der Waals surface area contributed by atoms with Crippen molar-refractivity contribution in [2.24, 2.45) is 0 Å². The zero-order valence-corrected chi connectivity index (χ0v) is 12.0. The van der Waals surface area contributed by atoms with Crippen LogP contribution in [-0.2, 0) is 13.2 Å². The van der Waals surface area contributed by atoms with E-state index in [-0.39, 0.29) is 6.61 Å². The number of aliphatic hydroxyl groups excluding tert-OH is 1. The van der Waals surface area contributed by atoms with Gasteiger partial charge < -0.3 is 15.2 Å². The van der Waals surface area contributed by atoms with Crippen molar-refractivity contribution >= 4 is 0 Å². The van der Waals surface area contributed by atoms with Crippen LogP contribution in [-0.4, -0.2) is 11.7 Å². The summed E-state index contributed by atoms with van der Waals surface area (Å²) in [4.78, 5) is 0. The summed E-state index contributed by atoms with van der Waals surface area (Å²) in [5.74, 6) is 1.66. The van der Waals surface area contributed by atoms with Crippen LogP contribution < -0.4 is 10.1 Å². The van der Waals surface area contributed by atoms with Gasteiger partial charge in [-0.3, -0.25) is 0 Å². The van der Waals surface area contributed by atoms with Gasteiger partial charge in [0.15, 0.2) is 0 Å². The molecule has 0 bridgehead atoms. The predicted molar refractivity (Wildman–Crippen MR) is 81.0 cm³/mol. The fraction of sp³-hybridized carbons (Fsp3) is 0.294. The lowest BCUT2D eigenvalue weighted by molar-refractivity contribution is 0.281. The molecule has 0 saturated heterocycles. The maximum Gasteiger partial charge on any atom is 0.130 e. The Balaban J connectivity index is 2.14. The fourth-order valence-corrected chi connectivity index (χ4v) is 1.92. The third kappa shape index (κ3) is 3.83. The minimum atomic E-state index is 0.0531. The van der Waals surface area contributed by atoms with Crippen LogP contribution in [0.5, 0.6) is 11.5 Å². The van der Waals surface area contributed by atoms with Crippen molar-refractivity contribution in [3.05, 3.63) is 59.2 Å². The Hall–Kier alpha value is -1.84. The smallest absolute Gasteiger partial charge is 0.130 e. The number of nitrogens with one attached hydrogen (secondary N) is 1. The van der Waals surface area contributed by atoms with Crippen molar-refractivity contribution in [2.75, 3.05) is 6.54 Å². The first kappa shape index (κ1) is 14.6. The van der Waals surface area contributed by atoms with E-state index in [2.05, 4.69) is 30.4 Å². The Morgan fingerprint density at radius 2 is 1.75 bits per heavy atom. The van der Waals surface area contributed by atoms with Gasteiger partial charge in [-0.15, -0.1) is 0 Å². The molecule has 0 aliphatic rings. The second-order valence-electron chi connectivity index (χ2n) is 4.78. The average Bonchev–Trinajstić information content (AvgIpc) is 2.49. The summed E-state index contributed by atoms with van der Waals surface area (Å²) in [7, 11) is 0. The van der Waals surface area contributed by atoms with Crippen LogP contribution in [0.25, 0.3) is 0 Å². The number of ether oxygens (including phenoxy) is 1. The number of benzene rings is 2. The van der Waals surface area contributed by atoms with Crippen molar-refractivity contribution in [1.82, 2.24) is 5.32 Å². The van der Waals surface area contributed by atoms with Crippen LogP contribution in [0.2, 0.25) is 0 Å². The Labute approximate surface area is 120 Å². The van der Waals surface area contributed by atoms with E-state index in [9.17, 15) is 0 Å². The quantitative estimate of drug-likeness (QED) is 0.846. The first-order chi connectivity index (χ1) is 9.72. The summed E-state index contributed by atoms with van der Waals surface area (Å²) in [5.41, 5.74) is 3.20. The molecule has 0 aromatic heterocycles. The van der Waals surface area contributed by atoms with Gasteiger partial charge in [0.05, 0.1) is 6.61 Å². The first-order valence-electron chi connectivity index (χ1n) is 6.91. The van der Waals surface area contributed by atoms with Crippen LogP contribution >= 0.6 is 0 Å². The summed E-state index contributed by atoms with van der Waals surface area (Å²) in [6.45, 7) is 5.98. The monoisotopic (exact) mass is 271 g/mol. The first-order valence-corrected chi connectivity index (χ1v) is 6.91. The molecule has 2 N–H and O–H groups in total. The Morgan fingerprint density at radius 1 is 1.05 bits per heavy atom. The second-order valence-corrected chi connectivity index (χ2v) is 4.78. The maximum atomic E-state index is 9.03. The summed E-state index contributed by atoms with van der Waals surface area (Å²) < 4.78 is 5.92. The molecule has 2 aromatic carbocycles. The van der Waals surface area contributed by atoms with E-state index in [0.29, 0.717) is 0 Å². The lowest BCUT2D eigenvalue weighted by atomic mass is 10.1. The predicted octanol–water partition coefficient (Wildman–Crippen LogP) is 3.39. The number of aliphatic hydroxyl groups is 1. The summed E-state index contributed by atoms with van der Waals surface area (Å²) in [6.07, 6.45) is 0. The Bertz CT molecular complexity index is 549. The lowest BCUT2D eigenvalue weighted by Gasteiger charge is -2.11.